The summed E-state index contributed by atoms with van der Waals surface area (Å²) in [6, 6.07) is 10.9. The van der Waals surface area contributed by atoms with Crippen LogP contribution in [0.4, 0.5) is 40.4 Å². The second-order valence-corrected chi connectivity index (χ2v) is 7.95. The van der Waals surface area contributed by atoms with Gasteiger partial charge in [-0.2, -0.15) is 13.2 Å². The van der Waals surface area contributed by atoms with E-state index in [9.17, 15) is 22.4 Å². The molecule has 2 aromatic carbocycles. The van der Waals surface area contributed by atoms with Crippen LogP contribution in [0.2, 0.25) is 0 Å². The van der Waals surface area contributed by atoms with Crippen molar-refractivity contribution in [2.45, 2.75) is 13.1 Å². The number of anilines is 4. The number of amides is 1. The van der Waals surface area contributed by atoms with Gasteiger partial charge >= 0.3 is 6.18 Å². The number of benzene rings is 2. The van der Waals surface area contributed by atoms with Crippen LogP contribution in [-0.2, 0) is 6.18 Å². The lowest BCUT2D eigenvalue weighted by atomic mass is 10.1. The predicted molar refractivity (Wildman–Crippen MR) is 123 cm³/mol. The average Bonchev–Trinajstić information content (AvgIpc) is 2.81. The van der Waals surface area contributed by atoms with Gasteiger partial charge in [0.05, 0.1) is 23.1 Å². The van der Waals surface area contributed by atoms with E-state index >= 15 is 0 Å². The van der Waals surface area contributed by atoms with E-state index in [1.807, 2.05) is 31.2 Å². The zero-order valence-electron chi connectivity index (χ0n) is 18.3. The Morgan fingerprint density at radius 3 is 2.50 bits per heavy atom. The molecule has 1 aromatic heterocycles. The number of nitrogens with one attached hydrogen (secondary N) is 3. The molecule has 0 aliphatic carbocycles. The first-order valence-electron chi connectivity index (χ1n) is 10.7. The highest BCUT2D eigenvalue weighted by Crippen LogP contribution is 2.32. The summed E-state index contributed by atoms with van der Waals surface area (Å²) in [5.41, 5.74) is 1.04. The van der Waals surface area contributed by atoms with Crippen molar-refractivity contribution in [1.82, 2.24) is 10.3 Å². The fourth-order valence-electron chi connectivity index (χ4n) is 3.66. The molecule has 1 fully saturated rings. The highest BCUT2D eigenvalue weighted by Gasteiger charge is 2.32. The van der Waals surface area contributed by atoms with Gasteiger partial charge in [-0.05, 0) is 42.8 Å². The predicted octanol–water partition coefficient (Wildman–Crippen LogP) is 4.95. The fraction of sp³-hybridized carbons (Fsp3) is 0.250. The number of rotatable bonds is 5. The van der Waals surface area contributed by atoms with E-state index in [0.29, 0.717) is 18.0 Å². The summed E-state index contributed by atoms with van der Waals surface area (Å²) in [5, 5.41) is 9.03. The van der Waals surface area contributed by atoms with Gasteiger partial charge in [0.15, 0.2) is 5.82 Å². The first-order valence-corrected chi connectivity index (χ1v) is 10.7. The summed E-state index contributed by atoms with van der Waals surface area (Å²) in [6.45, 7) is 4.95. The standard InChI is InChI=1S/C24H23F4N5O/c1-15-4-2-3-5-20(15)31-22-21(13-19(14-30-22)33-8-6-29-7-9-33)32-23(34)16-10-17(24(26,27)28)12-18(25)11-16/h2-5,10-14,29H,6-9H2,1H3,(H,30,31)(H,32,34). The minimum Gasteiger partial charge on any atom is -0.368 e. The number of aromatic nitrogens is 1. The van der Waals surface area contributed by atoms with Crippen molar-refractivity contribution in [2.24, 2.45) is 0 Å². The van der Waals surface area contributed by atoms with E-state index in [0.717, 1.165) is 49.2 Å². The first-order chi connectivity index (χ1) is 16.2. The van der Waals surface area contributed by atoms with Crippen molar-refractivity contribution in [1.29, 1.82) is 0 Å². The zero-order valence-corrected chi connectivity index (χ0v) is 18.3. The first kappa shape index (κ1) is 23.5. The smallest absolute Gasteiger partial charge is 0.368 e. The van der Waals surface area contributed by atoms with Crippen LogP contribution >= 0.6 is 0 Å². The van der Waals surface area contributed by atoms with Crippen molar-refractivity contribution < 1.29 is 22.4 Å². The Morgan fingerprint density at radius 2 is 1.79 bits per heavy atom. The van der Waals surface area contributed by atoms with Gasteiger partial charge in [-0.15, -0.1) is 0 Å². The molecular formula is C24H23F4N5O. The number of aryl methyl sites for hydroxylation is 1. The maximum atomic E-state index is 13.9. The maximum Gasteiger partial charge on any atom is 0.416 e. The Kier molecular flexibility index (Phi) is 6.69. The summed E-state index contributed by atoms with van der Waals surface area (Å²) in [6.07, 6.45) is -3.11. The molecule has 6 nitrogen and oxygen atoms in total. The van der Waals surface area contributed by atoms with Crippen LogP contribution in [0.1, 0.15) is 21.5 Å². The number of alkyl halides is 3. The van der Waals surface area contributed by atoms with Crippen molar-refractivity contribution in [3.8, 4) is 0 Å². The lowest BCUT2D eigenvalue weighted by Gasteiger charge is -2.29. The number of nitrogens with zero attached hydrogens (tertiary/aromatic N) is 2. The van der Waals surface area contributed by atoms with Crippen LogP contribution in [0.15, 0.2) is 54.7 Å². The third-order valence-electron chi connectivity index (χ3n) is 5.49. The van der Waals surface area contributed by atoms with Gasteiger partial charge in [0.1, 0.15) is 5.82 Å². The number of piperazine rings is 1. The van der Waals surface area contributed by atoms with Gasteiger partial charge in [0.2, 0.25) is 0 Å². The Labute approximate surface area is 194 Å². The molecule has 0 spiro atoms. The number of halogens is 4. The molecule has 0 radical (unpaired) electrons. The normalized spacial score (nSPS) is 14.1. The van der Waals surface area contributed by atoms with E-state index in [-0.39, 0.29) is 5.69 Å². The Morgan fingerprint density at radius 1 is 1.06 bits per heavy atom. The second kappa shape index (κ2) is 9.68. The van der Waals surface area contributed by atoms with Crippen LogP contribution in [-0.4, -0.2) is 37.1 Å². The molecular weight excluding hydrogens is 450 g/mol. The largest absolute Gasteiger partial charge is 0.416 e. The van der Waals surface area contributed by atoms with Crippen molar-refractivity contribution in [3.05, 3.63) is 77.2 Å². The molecule has 1 aliphatic rings. The summed E-state index contributed by atoms with van der Waals surface area (Å²) in [5.74, 6) is -1.71. The number of hydrogen-bond acceptors (Lipinski definition) is 5. The molecule has 3 aromatic rings. The van der Waals surface area contributed by atoms with Gasteiger partial charge in [-0.25, -0.2) is 9.37 Å². The molecule has 4 rings (SSSR count). The molecule has 0 bridgehead atoms. The number of para-hydroxylation sites is 1. The summed E-state index contributed by atoms with van der Waals surface area (Å²) in [4.78, 5) is 19.4. The van der Waals surface area contributed by atoms with Gasteiger partial charge in [-0.1, -0.05) is 18.2 Å². The van der Waals surface area contributed by atoms with Gasteiger partial charge in [0, 0.05) is 37.4 Å². The average molecular weight is 473 g/mol. The molecule has 1 amide bonds. The Hall–Kier alpha value is -3.66. The maximum absolute atomic E-state index is 13.9. The summed E-state index contributed by atoms with van der Waals surface area (Å²) in [7, 11) is 0. The zero-order chi connectivity index (χ0) is 24.3. The third kappa shape index (κ3) is 5.45. The highest BCUT2D eigenvalue weighted by atomic mass is 19.4. The van der Waals surface area contributed by atoms with E-state index in [1.54, 1.807) is 12.3 Å². The minimum absolute atomic E-state index is 0.266. The number of carbonyl (C=O) groups excluding carboxylic acids is 1. The number of hydrogen-bond donors (Lipinski definition) is 3. The van der Waals surface area contributed by atoms with Crippen molar-refractivity contribution in [3.63, 3.8) is 0 Å². The lowest BCUT2D eigenvalue weighted by molar-refractivity contribution is -0.137. The van der Waals surface area contributed by atoms with E-state index in [4.69, 9.17) is 0 Å². The summed E-state index contributed by atoms with van der Waals surface area (Å²) >= 11 is 0. The van der Waals surface area contributed by atoms with Crippen molar-refractivity contribution >= 4 is 28.8 Å². The van der Waals surface area contributed by atoms with Gasteiger partial charge < -0.3 is 20.9 Å². The SMILES string of the molecule is Cc1ccccc1Nc1ncc(N2CCNCC2)cc1NC(=O)c1cc(F)cc(C(F)(F)F)c1. The molecule has 0 saturated carbocycles. The topological polar surface area (TPSA) is 69.3 Å². The molecule has 0 unspecified atom stereocenters. The molecule has 3 N–H and O–H groups in total. The lowest BCUT2D eigenvalue weighted by Crippen LogP contribution is -2.43. The second-order valence-electron chi connectivity index (χ2n) is 7.95. The van der Waals surface area contributed by atoms with Crippen LogP contribution in [0.5, 0.6) is 0 Å². The van der Waals surface area contributed by atoms with E-state index < -0.39 is 29.0 Å². The number of pyridine rings is 1. The monoisotopic (exact) mass is 473 g/mol. The Bertz CT molecular complexity index is 1190. The Balaban J connectivity index is 1.68. The van der Waals surface area contributed by atoms with Crippen LogP contribution in [0.25, 0.3) is 0 Å². The number of carbonyl (C=O) groups is 1. The molecule has 1 saturated heterocycles. The minimum atomic E-state index is -4.78. The van der Waals surface area contributed by atoms with Crippen LogP contribution in [0.3, 0.4) is 0 Å². The fourth-order valence-corrected chi connectivity index (χ4v) is 3.66. The van der Waals surface area contributed by atoms with E-state index in [1.165, 1.54) is 0 Å². The van der Waals surface area contributed by atoms with Gasteiger partial charge in [0.25, 0.3) is 5.91 Å². The molecule has 0 atom stereocenters. The third-order valence-corrected chi connectivity index (χ3v) is 5.49. The molecule has 1 aliphatic heterocycles. The molecule has 178 valence electrons. The van der Waals surface area contributed by atoms with E-state index in [2.05, 4.69) is 25.8 Å². The van der Waals surface area contributed by atoms with Crippen molar-refractivity contribution in [2.75, 3.05) is 41.7 Å². The molecule has 10 heteroatoms. The van der Waals surface area contributed by atoms with Crippen LogP contribution < -0.4 is 20.9 Å². The quantitative estimate of drug-likeness (QED) is 0.458. The molecule has 2 heterocycles. The van der Waals surface area contributed by atoms with Crippen LogP contribution in [0, 0.1) is 12.7 Å². The molecule has 34 heavy (non-hydrogen) atoms. The summed E-state index contributed by atoms with van der Waals surface area (Å²) < 4.78 is 53.2. The van der Waals surface area contributed by atoms with Gasteiger partial charge in [-0.3, -0.25) is 4.79 Å². The highest BCUT2D eigenvalue weighted by molar-refractivity contribution is 6.06.